The van der Waals surface area contributed by atoms with Crippen LogP contribution in [0, 0.1) is 6.92 Å². The lowest BCUT2D eigenvalue weighted by Gasteiger charge is -2.33. The minimum absolute atomic E-state index is 0.159. The molecule has 23 heavy (non-hydrogen) atoms. The molecule has 1 unspecified atom stereocenters. The van der Waals surface area contributed by atoms with Crippen molar-refractivity contribution in [2.45, 2.75) is 25.7 Å². The molecule has 0 aliphatic carbocycles. The van der Waals surface area contributed by atoms with Gasteiger partial charge in [0, 0.05) is 13.1 Å². The predicted molar refractivity (Wildman–Crippen MR) is 74.4 cm³/mol. The van der Waals surface area contributed by atoms with Crippen molar-refractivity contribution >= 4 is 0 Å². The van der Waals surface area contributed by atoms with Gasteiger partial charge in [-0.2, -0.15) is 18.2 Å². The number of benzene rings is 1. The minimum atomic E-state index is -4.40. The van der Waals surface area contributed by atoms with Crippen molar-refractivity contribution in [3.05, 3.63) is 47.1 Å². The van der Waals surface area contributed by atoms with Gasteiger partial charge in [-0.05, 0) is 18.6 Å². The Morgan fingerprint density at radius 1 is 1.30 bits per heavy atom. The van der Waals surface area contributed by atoms with Crippen molar-refractivity contribution in [2.75, 3.05) is 19.7 Å². The molecule has 0 bridgehead atoms. The fourth-order valence-corrected chi connectivity index (χ4v) is 2.67. The van der Waals surface area contributed by atoms with Crippen molar-refractivity contribution < 1.29 is 22.4 Å². The molecule has 0 saturated carbocycles. The molecule has 1 atom stereocenters. The topological polar surface area (TPSA) is 51.4 Å². The highest BCUT2D eigenvalue weighted by atomic mass is 19.4. The number of rotatable bonds is 3. The second-order valence-electron chi connectivity index (χ2n) is 5.41. The van der Waals surface area contributed by atoms with Gasteiger partial charge in [0.05, 0.1) is 24.8 Å². The molecule has 8 heteroatoms. The summed E-state index contributed by atoms with van der Waals surface area (Å²) < 4.78 is 50.1. The molecule has 0 N–H and O–H groups in total. The molecule has 1 aromatic heterocycles. The maximum Gasteiger partial charge on any atom is 0.416 e. The van der Waals surface area contributed by atoms with Crippen LogP contribution >= 0.6 is 0 Å². The van der Waals surface area contributed by atoms with Gasteiger partial charge in [0.2, 0.25) is 5.89 Å². The Morgan fingerprint density at radius 2 is 2.09 bits per heavy atom. The number of ether oxygens (including phenoxy) is 1. The third kappa shape index (κ3) is 3.70. The number of hydrogen-bond acceptors (Lipinski definition) is 5. The zero-order valence-electron chi connectivity index (χ0n) is 12.5. The standard InChI is InChI=1S/C15H16F3N3O2/c1-10-19-14(23-20-10)9-21-6-7-22-13(8-21)11-4-2-3-5-12(11)15(16,17)18/h2-5,13H,6-9H2,1H3. The highest BCUT2D eigenvalue weighted by Gasteiger charge is 2.36. The van der Waals surface area contributed by atoms with Crippen molar-refractivity contribution in [1.82, 2.24) is 15.0 Å². The van der Waals surface area contributed by atoms with E-state index in [1.165, 1.54) is 12.1 Å². The van der Waals surface area contributed by atoms with E-state index in [1.54, 1.807) is 13.0 Å². The first-order chi connectivity index (χ1) is 10.9. The molecule has 1 aromatic carbocycles. The average molecular weight is 327 g/mol. The van der Waals surface area contributed by atoms with Gasteiger partial charge in [0.25, 0.3) is 0 Å². The summed E-state index contributed by atoms with van der Waals surface area (Å²) in [5.41, 5.74) is -0.494. The zero-order valence-corrected chi connectivity index (χ0v) is 12.5. The number of halogens is 3. The maximum absolute atomic E-state index is 13.1. The maximum atomic E-state index is 13.1. The first kappa shape index (κ1) is 15.9. The summed E-state index contributed by atoms with van der Waals surface area (Å²) in [6.45, 7) is 3.41. The van der Waals surface area contributed by atoms with Crippen LogP contribution in [0.3, 0.4) is 0 Å². The Hall–Kier alpha value is -1.93. The third-order valence-corrected chi connectivity index (χ3v) is 3.69. The average Bonchev–Trinajstić information content (AvgIpc) is 2.92. The molecule has 0 radical (unpaired) electrons. The largest absolute Gasteiger partial charge is 0.416 e. The molecule has 1 aliphatic heterocycles. The SMILES string of the molecule is Cc1noc(CN2CCOC(c3ccccc3C(F)(F)F)C2)n1. The summed E-state index contributed by atoms with van der Waals surface area (Å²) in [7, 11) is 0. The summed E-state index contributed by atoms with van der Waals surface area (Å²) in [6, 6.07) is 5.52. The van der Waals surface area contributed by atoms with Crippen molar-refractivity contribution in [3.63, 3.8) is 0 Å². The number of nitrogens with zero attached hydrogens (tertiary/aromatic N) is 3. The Bertz CT molecular complexity index is 672. The molecule has 1 aliphatic rings. The molecular weight excluding hydrogens is 311 g/mol. The van der Waals surface area contributed by atoms with E-state index in [-0.39, 0.29) is 5.56 Å². The lowest BCUT2D eigenvalue weighted by molar-refractivity contribution is -0.140. The van der Waals surface area contributed by atoms with Gasteiger partial charge >= 0.3 is 6.18 Å². The van der Waals surface area contributed by atoms with Gasteiger partial charge < -0.3 is 9.26 Å². The Labute approximate surface area is 131 Å². The van der Waals surface area contributed by atoms with E-state index in [0.29, 0.717) is 38.0 Å². The van der Waals surface area contributed by atoms with Crippen LogP contribution in [0.25, 0.3) is 0 Å². The van der Waals surface area contributed by atoms with Crippen LogP contribution in [-0.4, -0.2) is 34.7 Å². The molecule has 0 amide bonds. The summed E-state index contributed by atoms with van der Waals surface area (Å²) in [4.78, 5) is 6.07. The molecular formula is C15H16F3N3O2. The van der Waals surface area contributed by atoms with Crippen LogP contribution in [0.5, 0.6) is 0 Å². The van der Waals surface area contributed by atoms with Crippen molar-refractivity contribution in [1.29, 1.82) is 0 Å². The van der Waals surface area contributed by atoms with Gasteiger partial charge in [0.1, 0.15) is 0 Å². The molecule has 1 saturated heterocycles. The Kier molecular flexibility index (Phi) is 4.36. The van der Waals surface area contributed by atoms with E-state index in [1.807, 2.05) is 4.90 Å². The van der Waals surface area contributed by atoms with Gasteiger partial charge in [-0.15, -0.1) is 0 Å². The number of hydrogen-bond donors (Lipinski definition) is 0. The van der Waals surface area contributed by atoms with Crippen molar-refractivity contribution in [3.8, 4) is 0 Å². The van der Waals surface area contributed by atoms with E-state index in [0.717, 1.165) is 6.07 Å². The van der Waals surface area contributed by atoms with E-state index in [2.05, 4.69) is 10.1 Å². The van der Waals surface area contributed by atoms with E-state index in [9.17, 15) is 13.2 Å². The molecule has 2 aromatic rings. The smallest absolute Gasteiger partial charge is 0.371 e. The molecule has 5 nitrogen and oxygen atoms in total. The Morgan fingerprint density at radius 3 is 2.78 bits per heavy atom. The fraction of sp³-hybridized carbons (Fsp3) is 0.467. The van der Waals surface area contributed by atoms with Crippen LogP contribution in [0.2, 0.25) is 0 Å². The fourth-order valence-electron chi connectivity index (χ4n) is 2.67. The molecule has 1 fully saturated rings. The first-order valence-electron chi connectivity index (χ1n) is 7.23. The molecule has 124 valence electrons. The number of morpholine rings is 1. The van der Waals surface area contributed by atoms with E-state index < -0.39 is 17.8 Å². The number of aryl methyl sites for hydroxylation is 1. The van der Waals surface area contributed by atoms with E-state index in [4.69, 9.17) is 9.26 Å². The van der Waals surface area contributed by atoms with Gasteiger partial charge in [-0.3, -0.25) is 4.90 Å². The van der Waals surface area contributed by atoms with Crippen LogP contribution in [0.1, 0.15) is 28.9 Å². The monoisotopic (exact) mass is 327 g/mol. The normalized spacial score (nSPS) is 19.9. The summed E-state index contributed by atoms with van der Waals surface area (Å²) >= 11 is 0. The summed E-state index contributed by atoms with van der Waals surface area (Å²) in [5, 5.41) is 3.71. The molecule has 0 spiro atoms. The predicted octanol–water partition coefficient (Wildman–Crippen LogP) is 2.97. The van der Waals surface area contributed by atoms with Crippen LogP contribution in [0.4, 0.5) is 13.2 Å². The number of aromatic nitrogens is 2. The van der Waals surface area contributed by atoms with E-state index >= 15 is 0 Å². The lowest BCUT2D eigenvalue weighted by Crippen LogP contribution is -2.38. The van der Waals surface area contributed by atoms with Gasteiger partial charge in [-0.1, -0.05) is 23.4 Å². The second-order valence-corrected chi connectivity index (χ2v) is 5.41. The lowest BCUT2D eigenvalue weighted by atomic mass is 10.0. The summed E-state index contributed by atoms with van der Waals surface area (Å²) in [6.07, 6.45) is -5.03. The van der Waals surface area contributed by atoms with Gasteiger partial charge in [0.15, 0.2) is 5.82 Å². The first-order valence-corrected chi connectivity index (χ1v) is 7.23. The quantitative estimate of drug-likeness (QED) is 0.867. The minimum Gasteiger partial charge on any atom is -0.371 e. The highest BCUT2D eigenvalue weighted by Crippen LogP contribution is 2.36. The Balaban J connectivity index is 1.76. The zero-order chi connectivity index (χ0) is 16.4. The number of alkyl halides is 3. The van der Waals surface area contributed by atoms with Crippen LogP contribution in [0.15, 0.2) is 28.8 Å². The molecule has 2 heterocycles. The van der Waals surface area contributed by atoms with Crippen molar-refractivity contribution in [2.24, 2.45) is 0 Å². The highest BCUT2D eigenvalue weighted by molar-refractivity contribution is 5.32. The van der Waals surface area contributed by atoms with Crippen LogP contribution in [-0.2, 0) is 17.5 Å². The van der Waals surface area contributed by atoms with Crippen LogP contribution < -0.4 is 0 Å². The second kappa shape index (κ2) is 6.29. The molecule has 3 rings (SSSR count). The summed E-state index contributed by atoms with van der Waals surface area (Å²) in [5.74, 6) is 0.986. The van der Waals surface area contributed by atoms with Gasteiger partial charge in [-0.25, -0.2) is 0 Å². The third-order valence-electron chi connectivity index (χ3n) is 3.69.